The molecule has 0 amide bonds. The lowest BCUT2D eigenvalue weighted by atomic mass is 10.0. The number of non-ortho nitro benzene ring substituents is 2. The molecule has 0 unspecified atom stereocenters. The molecule has 4 rings (SSSR count). The molecule has 4 aromatic carbocycles. The molecule has 0 fully saturated rings. The zero-order chi connectivity index (χ0) is 27.2. The number of nitro groups is 2. The first-order valence-electron chi connectivity index (χ1n) is 11.7. The second kappa shape index (κ2) is 11.7. The molecule has 38 heavy (non-hydrogen) atoms. The molecule has 0 aromatic heterocycles. The van der Waals surface area contributed by atoms with Crippen molar-refractivity contribution in [3.8, 4) is 11.5 Å². The second-order valence-electron chi connectivity index (χ2n) is 8.64. The predicted octanol–water partition coefficient (Wildman–Crippen LogP) is 5.65. The molecule has 9 nitrogen and oxygen atoms in total. The Bertz CT molecular complexity index is 1390. The average molecular weight is 533 g/mol. The lowest BCUT2D eigenvalue weighted by Gasteiger charge is -2.13. The number of nitrogens with zero attached hydrogens (tertiary/aromatic N) is 2. The van der Waals surface area contributed by atoms with Gasteiger partial charge < -0.3 is 10.2 Å². The summed E-state index contributed by atoms with van der Waals surface area (Å²) in [7, 11) is -1.85. The molecule has 0 saturated heterocycles. The van der Waals surface area contributed by atoms with Gasteiger partial charge in [-0.05, 0) is 60.1 Å². The van der Waals surface area contributed by atoms with Crippen LogP contribution in [0.1, 0.15) is 22.3 Å². The van der Waals surface area contributed by atoms with Gasteiger partial charge in [0.1, 0.15) is 11.5 Å². The van der Waals surface area contributed by atoms with Crippen molar-refractivity contribution in [2.24, 2.45) is 0 Å². The first kappa shape index (κ1) is 26.5. The van der Waals surface area contributed by atoms with Gasteiger partial charge in [0.05, 0.1) is 30.4 Å². The number of aromatic hydroxyl groups is 2. The topological polar surface area (TPSA) is 144 Å². The molecular formula is C28H24N2O7S. The molecule has 4 aromatic rings. The van der Waals surface area contributed by atoms with Crippen molar-refractivity contribution >= 4 is 22.2 Å². The van der Waals surface area contributed by atoms with Crippen LogP contribution in [0.5, 0.6) is 11.5 Å². The minimum atomic E-state index is -1.85. The number of nitro benzene ring substituents is 2. The smallest absolute Gasteiger partial charge is 0.269 e. The van der Waals surface area contributed by atoms with E-state index in [0.717, 1.165) is 11.1 Å². The molecule has 0 atom stereocenters. The van der Waals surface area contributed by atoms with Crippen molar-refractivity contribution in [3.63, 3.8) is 0 Å². The Labute approximate surface area is 220 Å². The maximum atomic E-state index is 13.4. The number of rotatable bonds is 10. The highest BCUT2D eigenvalue weighted by Crippen LogP contribution is 2.35. The summed E-state index contributed by atoms with van der Waals surface area (Å²) in [5.41, 5.74) is 2.87. The highest BCUT2D eigenvalue weighted by molar-refractivity contribution is 7.85. The van der Waals surface area contributed by atoms with Crippen LogP contribution in [-0.2, 0) is 36.5 Å². The van der Waals surface area contributed by atoms with E-state index in [4.69, 9.17) is 0 Å². The lowest BCUT2D eigenvalue weighted by molar-refractivity contribution is -0.385. The van der Waals surface area contributed by atoms with E-state index in [1.165, 1.54) is 24.3 Å². The lowest BCUT2D eigenvalue weighted by Crippen LogP contribution is -2.00. The van der Waals surface area contributed by atoms with Crippen LogP contribution in [-0.4, -0.2) is 24.3 Å². The molecule has 0 aliphatic rings. The quantitative estimate of drug-likeness (QED) is 0.198. The monoisotopic (exact) mass is 532 g/mol. The molecule has 0 aliphatic carbocycles. The molecule has 0 saturated carbocycles. The SMILES string of the molecule is O=[N+]([O-])c1ccc(CCc2cccc(S(=O)c3cccc(CCc4ccc([N+](=O)[O-])cc4)c3O)c2O)cc1. The Kier molecular flexibility index (Phi) is 8.12. The fraction of sp³-hybridized carbons (Fsp3) is 0.143. The number of aryl methyl sites for hydroxylation is 4. The van der Waals surface area contributed by atoms with Gasteiger partial charge in [-0.3, -0.25) is 20.2 Å². The van der Waals surface area contributed by atoms with Gasteiger partial charge in [0.2, 0.25) is 0 Å². The van der Waals surface area contributed by atoms with E-state index in [2.05, 4.69) is 0 Å². The molecule has 0 heterocycles. The zero-order valence-corrected chi connectivity index (χ0v) is 21.0. The average Bonchev–Trinajstić information content (AvgIpc) is 2.92. The third-order valence-electron chi connectivity index (χ3n) is 6.22. The van der Waals surface area contributed by atoms with E-state index in [9.17, 15) is 34.7 Å². The maximum absolute atomic E-state index is 13.4. The highest BCUT2D eigenvalue weighted by Gasteiger charge is 2.19. The third-order valence-corrected chi connectivity index (χ3v) is 7.68. The van der Waals surface area contributed by atoms with Crippen LogP contribution in [0.2, 0.25) is 0 Å². The van der Waals surface area contributed by atoms with Crippen molar-refractivity contribution in [2.75, 3.05) is 0 Å². The van der Waals surface area contributed by atoms with Crippen LogP contribution in [0, 0.1) is 20.2 Å². The predicted molar refractivity (Wildman–Crippen MR) is 142 cm³/mol. The molecule has 0 radical (unpaired) electrons. The number of phenols is 2. The maximum Gasteiger partial charge on any atom is 0.269 e. The fourth-order valence-electron chi connectivity index (χ4n) is 4.08. The van der Waals surface area contributed by atoms with E-state index < -0.39 is 20.6 Å². The number of hydrogen-bond donors (Lipinski definition) is 2. The van der Waals surface area contributed by atoms with E-state index in [1.807, 2.05) is 0 Å². The van der Waals surface area contributed by atoms with Crippen LogP contribution < -0.4 is 0 Å². The van der Waals surface area contributed by atoms with Gasteiger partial charge >= 0.3 is 0 Å². The molecule has 194 valence electrons. The van der Waals surface area contributed by atoms with Gasteiger partial charge in [0.15, 0.2) is 0 Å². The number of benzene rings is 4. The summed E-state index contributed by atoms with van der Waals surface area (Å²) in [6, 6.07) is 22.3. The molecule has 10 heteroatoms. The Balaban J connectivity index is 1.48. The minimum absolute atomic E-state index is 0.00349. The summed E-state index contributed by atoms with van der Waals surface area (Å²) < 4.78 is 13.4. The number of phenolic OH excluding ortho intramolecular Hbond substituents is 2. The van der Waals surface area contributed by atoms with Crippen LogP contribution in [0.4, 0.5) is 11.4 Å². The van der Waals surface area contributed by atoms with E-state index in [1.54, 1.807) is 60.7 Å². The molecule has 2 N–H and O–H groups in total. The van der Waals surface area contributed by atoms with E-state index in [0.29, 0.717) is 36.8 Å². The Morgan fingerprint density at radius 2 is 0.947 bits per heavy atom. The van der Waals surface area contributed by atoms with Crippen LogP contribution in [0.15, 0.2) is 94.7 Å². The summed E-state index contributed by atoms with van der Waals surface area (Å²) in [5.74, 6) is -0.244. The van der Waals surface area contributed by atoms with Gasteiger partial charge in [-0.15, -0.1) is 0 Å². The summed E-state index contributed by atoms with van der Waals surface area (Å²) in [4.78, 5) is 21.1. The van der Waals surface area contributed by atoms with Gasteiger partial charge in [-0.1, -0.05) is 48.5 Å². The van der Waals surface area contributed by atoms with Gasteiger partial charge in [-0.25, -0.2) is 4.21 Å². The zero-order valence-electron chi connectivity index (χ0n) is 20.1. The second-order valence-corrected chi connectivity index (χ2v) is 10.1. The number of hydrogen-bond acceptors (Lipinski definition) is 7. The number of para-hydroxylation sites is 2. The van der Waals surface area contributed by atoms with Crippen molar-refractivity contribution in [1.29, 1.82) is 0 Å². The summed E-state index contributed by atoms with van der Waals surface area (Å²) in [6.45, 7) is 0. The molecule has 0 aliphatic heterocycles. The van der Waals surface area contributed by atoms with Gasteiger partial charge in [0.25, 0.3) is 11.4 Å². The molecular weight excluding hydrogens is 508 g/mol. The van der Waals surface area contributed by atoms with Crippen molar-refractivity contribution in [2.45, 2.75) is 35.5 Å². The standard InChI is InChI=1S/C28H24N2O7S/c31-27-21(13-7-19-9-15-23(16-10-19)29(33)34)3-1-5-25(27)38(37)26-6-2-4-22(28(26)32)14-8-20-11-17-24(18-12-20)30(35)36/h1-6,9-12,15-18,31-32H,7-8,13-14H2. The summed E-state index contributed by atoms with van der Waals surface area (Å²) in [6.07, 6.45) is 1.89. The molecule has 0 bridgehead atoms. The third kappa shape index (κ3) is 6.04. The van der Waals surface area contributed by atoms with Crippen LogP contribution in [0.25, 0.3) is 0 Å². The Hall–Kier alpha value is -4.57. The fourth-order valence-corrected chi connectivity index (χ4v) is 5.34. The van der Waals surface area contributed by atoms with Crippen LogP contribution in [0.3, 0.4) is 0 Å². The first-order chi connectivity index (χ1) is 18.2. The largest absolute Gasteiger partial charge is 0.506 e. The molecule has 0 spiro atoms. The van der Waals surface area contributed by atoms with Gasteiger partial charge in [0, 0.05) is 24.3 Å². The van der Waals surface area contributed by atoms with Crippen molar-refractivity contribution in [1.82, 2.24) is 0 Å². The van der Waals surface area contributed by atoms with Gasteiger partial charge in [-0.2, -0.15) is 0 Å². The normalized spacial score (nSPS) is 11.0. The first-order valence-corrected chi connectivity index (χ1v) is 12.9. The summed E-state index contributed by atoms with van der Waals surface area (Å²) in [5, 5.41) is 43.4. The Morgan fingerprint density at radius 3 is 1.29 bits per heavy atom. The summed E-state index contributed by atoms with van der Waals surface area (Å²) >= 11 is 0. The van der Waals surface area contributed by atoms with E-state index in [-0.39, 0.29) is 32.7 Å². The van der Waals surface area contributed by atoms with Crippen LogP contribution >= 0.6 is 0 Å². The highest BCUT2D eigenvalue weighted by atomic mass is 32.2. The minimum Gasteiger partial charge on any atom is -0.506 e. The van der Waals surface area contributed by atoms with E-state index >= 15 is 0 Å². The van der Waals surface area contributed by atoms with Crippen molar-refractivity contribution in [3.05, 3.63) is 127 Å². The Morgan fingerprint density at radius 1 is 0.579 bits per heavy atom. The van der Waals surface area contributed by atoms with Crippen molar-refractivity contribution < 1.29 is 24.3 Å².